The lowest BCUT2D eigenvalue weighted by atomic mass is 9.90. The van der Waals surface area contributed by atoms with Crippen molar-refractivity contribution in [2.75, 3.05) is 0 Å². The van der Waals surface area contributed by atoms with Gasteiger partial charge in [-0.2, -0.15) is 0 Å². The first-order valence-electron chi connectivity index (χ1n) is 4.75. The number of carbonyl (C=O) groups is 1. The Hall–Kier alpha value is -0.340. The van der Waals surface area contributed by atoms with E-state index >= 15 is 0 Å². The number of carbonyl (C=O) groups excluding carboxylic acids is 1. The largest absolute Gasteiger partial charge is 0.300 e. The number of ketones is 1. The predicted octanol–water partition coefficient (Wildman–Crippen LogP) is 4.12. The van der Waals surface area contributed by atoms with Gasteiger partial charge in [0, 0.05) is 17.2 Å². The summed E-state index contributed by atoms with van der Waals surface area (Å²) in [5.74, 6) is 1.05. The minimum atomic E-state index is 0.244. The molecule has 0 saturated carbocycles. The van der Waals surface area contributed by atoms with Crippen molar-refractivity contribution in [1.82, 2.24) is 0 Å². The molecule has 0 radical (unpaired) electrons. The van der Waals surface area contributed by atoms with Gasteiger partial charge in [0.15, 0.2) is 0 Å². The molecule has 1 atom stereocenters. The third kappa shape index (κ3) is 3.10. The molecule has 1 aromatic heterocycles. The van der Waals surface area contributed by atoms with Crippen molar-refractivity contribution in [1.29, 1.82) is 0 Å². The molecule has 1 unspecified atom stereocenters. The van der Waals surface area contributed by atoms with E-state index in [0.29, 0.717) is 18.3 Å². The maximum Gasteiger partial charge on any atom is 0.130 e. The van der Waals surface area contributed by atoms with Crippen LogP contribution in [-0.2, 0) is 4.79 Å². The molecule has 0 aliphatic carbocycles. The second-order valence-electron chi connectivity index (χ2n) is 3.90. The summed E-state index contributed by atoms with van der Waals surface area (Å²) in [7, 11) is 0. The Bertz CT molecular complexity index is 317. The van der Waals surface area contributed by atoms with E-state index in [4.69, 9.17) is 11.6 Å². The van der Waals surface area contributed by atoms with Gasteiger partial charge in [-0.3, -0.25) is 0 Å². The molecule has 1 heterocycles. The van der Waals surface area contributed by atoms with Crippen LogP contribution in [0.4, 0.5) is 0 Å². The van der Waals surface area contributed by atoms with Crippen LogP contribution in [-0.4, -0.2) is 5.78 Å². The first-order chi connectivity index (χ1) is 6.50. The van der Waals surface area contributed by atoms with Crippen molar-refractivity contribution in [2.45, 2.75) is 33.1 Å². The lowest BCUT2D eigenvalue weighted by Crippen LogP contribution is -2.09. The molecule has 3 heteroatoms. The molecule has 1 aromatic rings. The van der Waals surface area contributed by atoms with Crippen LogP contribution in [0.15, 0.2) is 12.1 Å². The fraction of sp³-hybridized carbons (Fsp3) is 0.545. The first-order valence-corrected chi connectivity index (χ1v) is 5.95. The second kappa shape index (κ2) is 4.94. The van der Waals surface area contributed by atoms with E-state index in [9.17, 15) is 4.79 Å². The van der Waals surface area contributed by atoms with Crippen molar-refractivity contribution < 1.29 is 4.79 Å². The molecular formula is C11H15ClOS. The average Bonchev–Trinajstić information content (AvgIpc) is 2.46. The van der Waals surface area contributed by atoms with Gasteiger partial charge in [0.05, 0.1) is 4.34 Å². The molecule has 1 rings (SSSR count). The highest BCUT2D eigenvalue weighted by molar-refractivity contribution is 7.16. The number of thiophene rings is 1. The summed E-state index contributed by atoms with van der Waals surface area (Å²) in [5.41, 5.74) is 0. The lowest BCUT2D eigenvalue weighted by molar-refractivity contribution is -0.117. The van der Waals surface area contributed by atoms with E-state index in [1.807, 2.05) is 12.1 Å². The second-order valence-corrected chi connectivity index (χ2v) is 5.65. The smallest absolute Gasteiger partial charge is 0.130 e. The third-order valence-corrected chi connectivity index (χ3v) is 3.63. The molecule has 0 aliphatic rings. The molecule has 14 heavy (non-hydrogen) atoms. The Balaban J connectivity index is 2.82. The zero-order chi connectivity index (χ0) is 10.7. The molecule has 0 aliphatic heterocycles. The van der Waals surface area contributed by atoms with Gasteiger partial charge < -0.3 is 4.79 Å². The van der Waals surface area contributed by atoms with E-state index in [1.54, 1.807) is 18.3 Å². The van der Waals surface area contributed by atoms with Gasteiger partial charge in [-0.15, -0.1) is 11.3 Å². The molecule has 0 bridgehead atoms. The van der Waals surface area contributed by atoms with Crippen LogP contribution in [0.2, 0.25) is 4.34 Å². The van der Waals surface area contributed by atoms with Crippen LogP contribution < -0.4 is 0 Å². The Kier molecular flexibility index (Phi) is 4.14. The highest BCUT2D eigenvalue weighted by atomic mass is 35.5. The number of Topliss-reactive ketones (excluding diaryl/α,β-unsaturated/α-hetero) is 1. The van der Waals surface area contributed by atoms with Gasteiger partial charge >= 0.3 is 0 Å². The summed E-state index contributed by atoms with van der Waals surface area (Å²) in [6, 6.07) is 3.93. The third-order valence-electron chi connectivity index (χ3n) is 2.27. The first kappa shape index (κ1) is 11.7. The summed E-state index contributed by atoms with van der Waals surface area (Å²) in [5, 5.41) is 0. The van der Waals surface area contributed by atoms with Crippen LogP contribution in [0.25, 0.3) is 0 Å². The topological polar surface area (TPSA) is 17.1 Å². The summed E-state index contributed by atoms with van der Waals surface area (Å²) in [6.07, 6.45) is 0.620. The molecule has 78 valence electrons. The highest BCUT2D eigenvalue weighted by Crippen LogP contribution is 2.34. The van der Waals surface area contributed by atoms with Crippen LogP contribution in [0.3, 0.4) is 0 Å². The van der Waals surface area contributed by atoms with Crippen molar-refractivity contribution in [3.8, 4) is 0 Å². The van der Waals surface area contributed by atoms with Crippen LogP contribution in [0, 0.1) is 5.92 Å². The van der Waals surface area contributed by atoms with Gasteiger partial charge in [0.1, 0.15) is 5.78 Å². The highest BCUT2D eigenvalue weighted by Gasteiger charge is 2.19. The van der Waals surface area contributed by atoms with E-state index in [-0.39, 0.29) is 5.78 Å². The summed E-state index contributed by atoms with van der Waals surface area (Å²) >= 11 is 7.46. The lowest BCUT2D eigenvalue weighted by Gasteiger charge is -2.17. The van der Waals surface area contributed by atoms with Crippen molar-refractivity contribution in [3.05, 3.63) is 21.3 Å². The fourth-order valence-electron chi connectivity index (χ4n) is 1.50. The normalized spacial score (nSPS) is 13.2. The summed E-state index contributed by atoms with van der Waals surface area (Å²) in [4.78, 5) is 12.3. The number of halogens is 1. The van der Waals surface area contributed by atoms with Crippen LogP contribution in [0.5, 0.6) is 0 Å². The maximum absolute atomic E-state index is 11.1. The van der Waals surface area contributed by atoms with Crippen molar-refractivity contribution in [2.24, 2.45) is 5.92 Å². The Labute approximate surface area is 94.1 Å². The predicted molar refractivity (Wildman–Crippen MR) is 62.2 cm³/mol. The molecule has 0 spiro atoms. The van der Waals surface area contributed by atoms with Gasteiger partial charge in [0.2, 0.25) is 0 Å². The fourth-order valence-corrected chi connectivity index (χ4v) is 2.84. The van der Waals surface area contributed by atoms with E-state index < -0.39 is 0 Å². The molecule has 0 aromatic carbocycles. The van der Waals surface area contributed by atoms with E-state index in [0.717, 1.165) is 4.34 Å². The van der Waals surface area contributed by atoms with Crippen LogP contribution >= 0.6 is 22.9 Å². The standard InChI is InChI=1S/C11H15ClOS/c1-7(2)9(6-8(3)13)10-4-5-11(12)14-10/h4-5,7,9H,6H2,1-3H3. The molecule has 0 amide bonds. The zero-order valence-electron chi connectivity index (χ0n) is 8.71. The molecule has 0 N–H and O–H groups in total. The summed E-state index contributed by atoms with van der Waals surface area (Å²) in [6.45, 7) is 5.92. The van der Waals surface area contributed by atoms with E-state index in [1.165, 1.54) is 4.88 Å². The minimum Gasteiger partial charge on any atom is -0.300 e. The van der Waals surface area contributed by atoms with E-state index in [2.05, 4.69) is 13.8 Å². The molecule has 0 saturated heterocycles. The quantitative estimate of drug-likeness (QED) is 0.761. The number of rotatable bonds is 4. The Morgan fingerprint density at radius 2 is 2.14 bits per heavy atom. The monoisotopic (exact) mass is 230 g/mol. The minimum absolute atomic E-state index is 0.244. The van der Waals surface area contributed by atoms with Crippen molar-refractivity contribution >= 4 is 28.7 Å². The van der Waals surface area contributed by atoms with Crippen molar-refractivity contribution in [3.63, 3.8) is 0 Å². The van der Waals surface area contributed by atoms with Gasteiger partial charge in [-0.1, -0.05) is 25.4 Å². The molecule has 1 nitrogen and oxygen atoms in total. The number of hydrogen-bond acceptors (Lipinski definition) is 2. The maximum atomic E-state index is 11.1. The Morgan fingerprint density at radius 3 is 2.50 bits per heavy atom. The SMILES string of the molecule is CC(=O)CC(c1ccc(Cl)s1)C(C)C. The zero-order valence-corrected chi connectivity index (χ0v) is 10.3. The Morgan fingerprint density at radius 1 is 1.50 bits per heavy atom. The van der Waals surface area contributed by atoms with Gasteiger partial charge in [-0.25, -0.2) is 0 Å². The number of hydrogen-bond donors (Lipinski definition) is 0. The average molecular weight is 231 g/mol. The molecular weight excluding hydrogens is 216 g/mol. The summed E-state index contributed by atoms with van der Waals surface area (Å²) < 4.78 is 0.800. The van der Waals surface area contributed by atoms with Gasteiger partial charge in [0.25, 0.3) is 0 Å². The molecule has 0 fully saturated rings. The van der Waals surface area contributed by atoms with Gasteiger partial charge in [-0.05, 0) is 25.0 Å². The van der Waals surface area contributed by atoms with Crippen LogP contribution in [0.1, 0.15) is 38.0 Å².